The topological polar surface area (TPSA) is 76.5 Å². The van der Waals surface area contributed by atoms with Crippen molar-refractivity contribution in [3.63, 3.8) is 0 Å². The standard InChI is InChI=1S/C18H24N4O3/c1-4-21(11-15-10-19-22(5-2)12-15)18(24)13-25-17-8-6-7-16(9-17)20-14(3)23/h6-10,12H,4-5,11,13H2,1-3H3,(H,20,23). The number of aryl methyl sites for hydroxylation is 1. The number of likely N-dealkylation sites (N-methyl/N-ethyl adjacent to an activating group) is 1. The maximum atomic E-state index is 12.4. The summed E-state index contributed by atoms with van der Waals surface area (Å²) in [5.74, 6) is 0.282. The normalized spacial score (nSPS) is 10.4. The van der Waals surface area contributed by atoms with Crippen molar-refractivity contribution >= 4 is 17.5 Å². The molecule has 0 fully saturated rings. The van der Waals surface area contributed by atoms with Crippen LogP contribution in [0.15, 0.2) is 36.7 Å². The second-order valence-corrected chi connectivity index (χ2v) is 5.61. The first-order chi connectivity index (χ1) is 12.0. The summed E-state index contributed by atoms with van der Waals surface area (Å²) < 4.78 is 7.40. The first-order valence-electron chi connectivity index (χ1n) is 8.31. The summed E-state index contributed by atoms with van der Waals surface area (Å²) >= 11 is 0. The number of amides is 2. The van der Waals surface area contributed by atoms with Crippen LogP contribution in [-0.4, -0.2) is 39.6 Å². The zero-order valence-electron chi connectivity index (χ0n) is 14.9. The molecule has 0 saturated carbocycles. The summed E-state index contributed by atoms with van der Waals surface area (Å²) in [5.41, 5.74) is 1.63. The van der Waals surface area contributed by atoms with E-state index in [-0.39, 0.29) is 18.4 Å². The van der Waals surface area contributed by atoms with Gasteiger partial charge in [-0.2, -0.15) is 5.10 Å². The van der Waals surface area contributed by atoms with Gasteiger partial charge in [0.25, 0.3) is 5.91 Å². The van der Waals surface area contributed by atoms with Crippen LogP contribution >= 0.6 is 0 Å². The first kappa shape index (κ1) is 18.5. The Labute approximate surface area is 147 Å². The molecule has 1 aromatic carbocycles. The third-order valence-electron chi connectivity index (χ3n) is 3.64. The first-order valence-corrected chi connectivity index (χ1v) is 8.31. The predicted molar refractivity (Wildman–Crippen MR) is 95.2 cm³/mol. The Hall–Kier alpha value is -2.83. The van der Waals surface area contributed by atoms with Crippen LogP contribution < -0.4 is 10.1 Å². The Bertz CT molecular complexity index is 727. The fraction of sp³-hybridized carbons (Fsp3) is 0.389. The van der Waals surface area contributed by atoms with E-state index in [0.29, 0.717) is 24.5 Å². The SMILES string of the molecule is CCN(Cc1cnn(CC)c1)C(=O)COc1cccc(NC(C)=O)c1. The van der Waals surface area contributed by atoms with E-state index in [0.717, 1.165) is 12.1 Å². The largest absolute Gasteiger partial charge is 0.484 e. The fourth-order valence-electron chi connectivity index (χ4n) is 2.36. The van der Waals surface area contributed by atoms with Crippen LogP contribution in [0.3, 0.4) is 0 Å². The molecule has 134 valence electrons. The van der Waals surface area contributed by atoms with Crippen LogP contribution in [-0.2, 0) is 22.7 Å². The summed E-state index contributed by atoms with van der Waals surface area (Å²) in [4.78, 5) is 25.2. The molecule has 25 heavy (non-hydrogen) atoms. The quantitative estimate of drug-likeness (QED) is 0.797. The van der Waals surface area contributed by atoms with Gasteiger partial charge in [-0.1, -0.05) is 6.07 Å². The monoisotopic (exact) mass is 344 g/mol. The molecule has 0 atom stereocenters. The van der Waals surface area contributed by atoms with Crippen molar-refractivity contribution < 1.29 is 14.3 Å². The third-order valence-corrected chi connectivity index (χ3v) is 3.64. The van der Waals surface area contributed by atoms with Gasteiger partial charge in [0.05, 0.1) is 6.20 Å². The van der Waals surface area contributed by atoms with Crippen molar-refractivity contribution in [1.29, 1.82) is 0 Å². The molecule has 0 aliphatic rings. The molecule has 1 aromatic heterocycles. The number of rotatable bonds is 8. The van der Waals surface area contributed by atoms with Crippen LogP contribution in [0.25, 0.3) is 0 Å². The lowest BCUT2D eigenvalue weighted by molar-refractivity contribution is -0.133. The van der Waals surface area contributed by atoms with Gasteiger partial charge in [-0.25, -0.2) is 0 Å². The van der Waals surface area contributed by atoms with E-state index in [4.69, 9.17) is 4.74 Å². The number of hydrogen-bond donors (Lipinski definition) is 1. The van der Waals surface area contributed by atoms with E-state index in [1.54, 1.807) is 35.4 Å². The molecule has 2 rings (SSSR count). The molecule has 7 heteroatoms. The molecule has 0 aliphatic carbocycles. The number of nitrogens with zero attached hydrogens (tertiary/aromatic N) is 3. The van der Waals surface area contributed by atoms with E-state index < -0.39 is 0 Å². The number of carbonyl (C=O) groups is 2. The Balaban J connectivity index is 1.92. The maximum absolute atomic E-state index is 12.4. The number of carbonyl (C=O) groups excluding carboxylic acids is 2. The summed E-state index contributed by atoms with van der Waals surface area (Å²) in [6.07, 6.45) is 3.71. The van der Waals surface area contributed by atoms with Gasteiger partial charge in [0.2, 0.25) is 5.91 Å². The van der Waals surface area contributed by atoms with E-state index in [1.165, 1.54) is 6.92 Å². The van der Waals surface area contributed by atoms with Crippen molar-refractivity contribution in [3.05, 3.63) is 42.2 Å². The highest BCUT2D eigenvalue weighted by Gasteiger charge is 2.14. The van der Waals surface area contributed by atoms with Gasteiger partial charge in [0.15, 0.2) is 6.61 Å². The van der Waals surface area contributed by atoms with Gasteiger partial charge in [0, 0.05) is 50.1 Å². The molecule has 0 unspecified atom stereocenters. The Morgan fingerprint density at radius 1 is 1.32 bits per heavy atom. The summed E-state index contributed by atoms with van der Waals surface area (Å²) in [7, 11) is 0. The van der Waals surface area contributed by atoms with E-state index in [1.807, 2.05) is 24.7 Å². The lowest BCUT2D eigenvalue weighted by atomic mass is 10.3. The molecule has 0 spiro atoms. The molecule has 1 heterocycles. The molecule has 0 aliphatic heterocycles. The highest BCUT2D eigenvalue weighted by molar-refractivity contribution is 5.88. The van der Waals surface area contributed by atoms with Crippen molar-refractivity contribution in [3.8, 4) is 5.75 Å². The van der Waals surface area contributed by atoms with E-state index in [9.17, 15) is 9.59 Å². The molecule has 0 saturated heterocycles. The van der Waals surface area contributed by atoms with Gasteiger partial charge in [0.1, 0.15) is 5.75 Å². The molecule has 2 amide bonds. The smallest absolute Gasteiger partial charge is 0.260 e. The number of hydrogen-bond acceptors (Lipinski definition) is 4. The lowest BCUT2D eigenvalue weighted by Gasteiger charge is -2.20. The number of anilines is 1. The van der Waals surface area contributed by atoms with Gasteiger partial charge in [-0.05, 0) is 26.0 Å². The molecule has 0 bridgehead atoms. The van der Waals surface area contributed by atoms with Gasteiger partial charge in [-0.3, -0.25) is 14.3 Å². The minimum absolute atomic E-state index is 0.0563. The van der Waals surface area contributed by atoms with Crippen molar-refractivity contribution in [2.75, 3.05) is 18.5 Å². The maximum Gasteiger partial charge on any atom is 0.260 e. The van der Waals surface area contributed by atoms with E-state index >= 15 is 0 Å². The fourth-order valence-corrected chi connectivity index (χ4v) is 2.36. The number of nitrogens with one attached hydrogen (secondary N) is 1. The van der Waals surface area contributed by atoms with Crippen LogP contribution in [0.4, 0.5) is 5.69 Å². The van der Waals surface area contributed by atoms with E-state index in [2.05, 4.69) is 10.4 Å². The Morgan fingerprint density at radius 2 is 2.12 bits per heavy atom. The highest BCUT2D eigenvalue weighted by atomic mass is 16.5. The third kappa shape index (κ3) is 5.63. The Morgan fingerprint density at radius 3 is 2.76 bits per heavy atom. The van der Waals surface area contributed by atoms with Crippen LogP contribution in [0, 0.1) is 0 Å². The minimum Gasteiger partial charge on any atom is -0.484 e. The molecular formula is C18H24N4O3. The molecule has 7 nitrogen and oxygen atoms in total. The van der Waals surface area contributed by atoms with Crippen molar-refractivity contribution in [1.82, 2.24) is 14.7 Å². The van der Waals surface area contributed by atoms with Gasteiger partial charge in [-0.15, -0.1) is 0 Å². The number of benzene rings is 1. The summed E-state index contributed by atoms with van der Waals surface area (Å²) in [5, 5.41) is 6.90. The zero-order valence-corrected chi connectivity index (χ0v) is 14.9. The number of aromatic nitrogens is 2. The predicted octanol–water partition coefficient (Wildman–Crippen LogP) is 2.29. The second kappa shape index (κ2) is 8.86. The van der Waals surface area contributed by atoms with Crippen LogP contribution in [0.2, 0.25) is 0 Å². The average molecular weight is 344 g/mol. The second-order valence-electron chi connectivity index (χ2n) is 5.61. The zero-order chi connectivity index (χ0) is 18.2. The molecule has 0 radical (unpaired) electrons. The van der Waals surface area contributed by atoms with Crippen LogP contribution in [0.5, 0.6) is 5.75 Å². The summed E-state index contributed by atoms with van der Waals surface area (Å²) in [6, 6.07) is 6.97. The van der Waals surface area contributed by atoms with Crippen molar-refractivity contribution in [2.45, 2.75) is 33.9 Å². The Kier molecular flexibility index (Phi) is 6.56. The van der Waals surface area contributed by atoms with Crippen LogP contribution in [0.1, 0.15) is 26.3 Å². The summed E-state index contributed by atoms with van der Waals surface area (Å²) in [6.45, 7) is 7.22. The average Bonchev–Trinajstić information content (AvgIpc) is 3.05. The molecular weight excluding hydrogens is 320 g/mol. The molecule has 1 N–H and O–H groups in total. The van der Waals surface area contributed by atoms with Gasteiger partial charge >= 0.3 is 0 Å². The van der Waals surface area contributed by atoms with Crippen molar-refractivity contribution in [2.24, 2.45) is 0 Å². The highest BCUT2D eigenvalue weighted by Crippen LogP contribution is 2.17. The minimum atomic E-state index is -0.155. The molecule has 2 aromatic rings. The lowest BCUT2D eigenvalue weighted by Crippen LogP contribution is -2.34. The van der Waals surface area contributed by atoms with Gasteiger partial charge < -0.3 is 15.0 Å². The number of ether oxygens (including phenoxy) is 1.